The van der Waals surface area contributed by atoms with Crippen LogP contribution in [0.4, 0.5) is 11.5 Å². The van der Waals surface area contributed by atoms with Crippen LogP contribution in [0.2, 0.25) is 0 Å². The molecule has 1 N–H and O–H groups in total. The van der Waals surface area contributed by atoms with Gasteiger partial charge in [0, 0.05) is 11.3 Å². The third-order valence-corrected chi connectivity index (χ3v) is 3.51. The van der Waals surface area contributed by atoms with E-state index in [0.29, 0.717) is 18.0 Å². The molecule has 116 valence electrons. The van der Waals surface area contributed by atoms with E-state index in [0.717, 1.165) is 28.1 Å². The Balaban J connectivity index is 2.34. The molecule has 1 aromatic heterocycles. The van der Waals surface area contributed by atoms with Crippen molar-refractivity contribution < 1.29 is 9.53 Å². The zero-order chi connectivity index (χ0) is 16.3. The Labute approximate surface area is 130 Å². The molecule has 0 saturated heterocycles. The van der Waals surface area contributed by atoms with Gasteiger partial charge in [-0.25, -0.2) is 4.79 Å². The highest BCUT2D eigenvalue weighted by Gasteiger charge is 2.19. The number of esters is 1. The molecule has 5 nitrogen and oxygen atoms in total. The third-order valence-electron chi connectivity index (χ3n) is 3.51. The van der Waals surface area contributed by atoms with Crippen LogP contribution < -0.4 is 0 Å². The van der Waals surface area contributed by atoms with Gasteiger partial charge in [-0.1, -0.05) is 12.1 Å². The summed E-state index contributed by atoms with van der Waals surface area (Å²) in [6.07, 6.45) is 0. The quantitative estimate of drug-likeness (QED) is 0.648. The number of nitrogens with zero attached hydrogens (tertiary/aromatic N) is 2. The number of hydrogen-bond acceptors (Lipinski definition) is 4. The monoisotopic (exact) mass is 299 g/mol. The average Bonchev–Trinajstić information content (AvgIpc) is 2.74. The predicted octanol–water partition coefficient (Wildman–Crippen LogP) is 4.84. The largest absolute Gasteiger partial charge is 0.462 e. The standard InChI is InChI=1S/C17H21N3O2/c1-6-22-17(21)15-12(4)16(18-13(15)5)20-19-14-9-10(2)7-8-11(14)3/h7-9,18H,6H2,1-5H3. The maximum absolute atomic E-state index is 12.0. The summed E-state index contributed by atoms with van der Waals surface area (Å²) in [6.45, 7) is 9.81. The minimum atomic E-state index is -0.332. The fourth-order valence-corrected chi connectivity index (χ4v) is 2.27. The number of carbonyl (C=O) groups excluding carboxylic acids is 1. The van der Waals surface area contributed by atoms with E-state index in [4.69, 9.17) is 4.74 Å². The Morgan fingerprint density at radius 1 is 1.18 bits per heavy atom. The lowest BCUT2D eigenvalue weighted by atomic mass is 10.1. The molecule has 0 atom stereocenters. The van der Waals surface area contributed by atoms with Crippen LogP contribution in [0.5, 0.6) is 0 Å². The number of H-pyrrole nitrogens is 1. The van der Waals surface area contributed by atoms with Crippen molar-refractivity contribution in [2.24, 2.45) is 10.2 Å². The van der Waals surface area contributed by atoms with Crippen LogP contribution in [0, 0.1) is 27.7 Å². The van der Waals surface area contributed by atoms with Crippen molar-refractivity contribution in [1.29, 1.82) is 0 Å². The SMILES string of the molecule is CCOC(=O)c1c(C)[nH]c(N=Nc2cc(C)ccc2C)c1C. The molecule has 5 heteroatoms. The van der Waals surface area contributed by atoms with Crippen LogP contribution in [0.15, 0.2) is 28.4 Å². The lowest BCUT2D eigenvalue weighted by Crippen LogP contribution is -2.06. The highest BCUT2D eigenvalue weighted by molar-refractivity contribution is 5.94. The normalized spacial score (nSPS) is 11.1. The van der Waals surface area contributed by atoms with E-state index in [1.54, 1.807) is 6.92 Å². The molecule has 0 unspecified atom stereocenters. The lowest BCUT2D eigenvalue weighted by molar-refractivity contribution is 0.0525. The Morgan fingerprint density at radius 2 is 1.91 bits per heavy atom. The van der Waals surface area contributed by atoms with E-state index in [2.05, 4.69) is 15.2 Å². The number of benzene rings is 1. The maximum atomic E-state index is 12.0. The van der Waals surface area contributed by atoms with E-state index in [1.165, 1.54) is 0 Å². The minimum absolute atomic E-state index is 0.332. The number of rotatable bonds is 4. The van der Waals surface area contributed by atoms with Crippen molar-refractivity contribution in [3.63, 3.8) is 0 Å². The molecule has 1 heterocycles. The summed E-state index contributed by atoms with van der Waals surface area (Å²) in [5.74, 6) is 0.253. The topological polar surface area (TPSA) is 66.8 Å². The summed E-state index contributed by atoms with van der Waals surface area (Å²) in [5.41, 5.74) is 5.05. The number of carbonyl (C=O) groups is 1. The van der Waals surface area contributed by atoms with Gasteiger partial charge >= 0.3 is 5.97 Å². The molecule has 0 fully saturated rings. The van der Waals surface area contributed by atoms with Crippen LogP contribution in [0.3, 0.4) is 0 Å². The van der Waals surface area contributed by atoms with Gasteiger partial charge in [0.15, 0.2) is 5.82 Å². The van der Waals surface area contributed by atoms with Gasteiger partial charge in [0.25, 0.3) is 0 Å². The van der Waals surface area contributed by atoms with Crippen molar-refractivity contribution in [2.75, 3.05) is 6.61 Å². The summed E-state index contributed by atoms with van der Waals surface area (Å²) < 4.78 is 5.07. The second-order valence-corrected chi connectivity index (χ2v) is 5.31. The van der Waals surface area contributed by atoms with Crippen LogP contribution in [-0.4, -0.2) is 17.6 Å². The van der Waals surface area contributed by atoms with E-state index < -0.39 is 0 Å². The number of aromatic nitrogens is 1. The predicted molar refractivity (Wildman–Crippen MR) is 86.3 cm³/mol. The summed E-state index contributed by atoms with van der Waals surface area (Å²) in [6, 6.07) is 6.04. The van der Waals surface area contributed by atoms with E-state index in [-0.39, 0.29) is 5.97 Å². The van der Waals surface area contributed by atoms with Gasteiger partial charge in [-0.2, -0.15) is 0 Å². The van der Waals surface area contributed by atoms with Crippen molar-refractivity contribution >= 4 is 17.5 Å². The zero-order valence-corrected chi connectivity index (χ0v) is 13.7. The molecule has 0 radical (unpaired) electrons. The third kappa shape index (κ3) is 3.24. The Kier molecular flexibility index (Phi) is 4.75. The summed E-state index contributed by atoms with van der Waals surface area (Å²) >= 11 is 0. The van der Waals surface area contributed by atoms with Crippen molar-refractivity contribution in [3.8, 4) is 0 Å². The molecule has 2 rings (SSSR count). The molecule has 0 bridgehead atoms. The zero-order valence-electron chi connectivity index (χ0n) is 13.7. The summed E-state index contributed by atoms with van der Waals surface area (Å²) in [4.78, 5) is 15.1. The van der Waals surface area contributed by atoms with Gasteiger partial charge in [-0.15, -0.1) is 10.2 Å². The molecule has 0 aliphatic heterocycles. The Hall–Kier alpha value is -2.43. The van der Waals surface area contributed by atoms with Gasteiger partial charge < -0.3 is 9.72 Å². The number of hydrogen-bond donors (Lipinski definition) is 1. The summed E-state index contributed by atoms with van der Waals surface area (Å²) in [5, 5.41) is 8.56. The lowest BCUT2D eigenvalue weighted by Gasteiger charge is -2.01. The van der Waals surface area contributed by atoms with E-state index >= 15 is 0 Å². The van der Waals surface area contributed by atoms with Crippen molar-refractivity contribution in [1.82, 2.24) is 4.98 Å². The highest BCUT2D eigenvalue weighted by atomic mass is 16.5. The molecule has 0 amide bonds. The number of aromatic amines is 1. The van der Waals surface area contributed by atoms with E-state index in [1.807, 2.05) is 45.9 Å². The number of ether oxygens (including phenoxy) is 1. The molecule has 0 aliphatic rings. The molecule has 0 spiro atoms. The first-order chi connectivity index (χ1) is 10.4. The first-order valence-corrected chi connectivity index (χ1v) is 7.29. The number of nitrogens with one attached hydrogen (secondary N) is 1. The van der Waals surface area contributed by atoms with Gasteiger partial charge in [0.2, 0.25) is 0 Å². The van der Waals surface area contributed by atoms with Crippen molar-refractivity contribution in [3.05, 3.63) is 46.1 Å². The average molecular weight is 299 g/mol. The van der Waals surface area contributed by atoms with E-state index in [9.17, 15) is 4.79 Å². The highest BCUT2D eigenvalue weighted by Crippen LogP contribution is 2.28. The van der Waals surface area contributed by atoms with Gasteiger partial charge in [-0.3, -0.25) is 0 Å². The first-order valence-electron chi connectivity index (χ1n) is 7.29. The molecule has 1 aromatic carbocycles. The van der Waals surface area contributed by atoms with Crippen LogP contribution in [0.1, 0.15) is 39.7 Å². The number of aryl methyl sites for hydroxylation is 3. The molecule has 0 saturated carbocycles. The van der Waals surface area contributed by atoms with Crippen LogP contribution >= 0.6 is 0 Å². The van der Waals surface area contributed by atoms with Gasteiger partial charge in [0.1, 0.15) is 0 Å². The minimum Gasteiger partial charge on any atom is -0.462 e. The first kappa shape index (κ1) is 15.9. The van der Waals surface area contributed by atoms with Gasteiger partial charge in [0.05, 0.1) is 17.9 Å². The smallest absolute Gasteiger partial charge is 0.340 e. The second kappa shape index (κ2) is 6.56. The maximum Gasteiger partial charge on any atom is 0.340 e. The summed E-state index contributed by atoms with van der Waals surface area (Å²) in [7, 11) is 0. The molecular weight excluding hydrogens is 278 g/mol. The van der Waals surface area contributed by atoms with Crippen LogP contribution in [-0.2, 0) is 4.74 Å². The Morgan fingerprint density at radius 3 is 2.59 bits per heavy atom. The molecular formula is C17H21N3O2. The molecule has 22 heavy (non-hydrogen) atoms. The van der Waals surface area contributed by atoms with Crippen molar-refractivity contribution in [2.45, 2.75) is 34.6 Å². The molecule has 2 aromatic rings. The Bertz CT molecular complexity index is 730. The van der Waals surface area contributed by atoms with Gasteiger partial charge in [-0.05, 0) is 51.8 Å². The van der Waals surface area contributed by atoms with Crippen LogP contribution in [0.25, 0.3) is 0 Å². The second-order valence-electron chi connectivity index (χ2n) is 5.31. The molecule has 0 aliphatic carbocycles. The fraction of sp³-hybridized carbons (Fsp3) is 0.353. The fourth-order valence-electron chi connectivity index (χ4n) is 2.27. The number of azo groups is 1.